The van der Waals surface area contributed by atoms with Crippen LogP contribution >= 0.6 is 0 Å². The van der Waals surface area contributed by atoms with Gasteiger partial charge in [-0.05, 0) is 32.0 Å². The second-order valence-corrected chi connectivity index (χ2v) is 9.96. The van der Waals surface area contributed by atoms with Crippen molar-refractivity contribution in [1.29, 1.82) is 0 Å². The Balaban J connectivity index is 1.35. The summed E-state index contributed by atoms with van der Waals surface area (Å²) in [6.07, 6.45) is 4.08. The molecule has 4 aromatic rings. The number of nitrogens with zero attached hydrogens (tertiary/aromatic N) is 8. The molecule has 2 aromatic carbocycles. The first-order chi connectivity index (χ1) is 19.6. The monoisotopic (exact) mass is 566 g/mol. The number of nitro benzene ring substituents is 1. The van der Waals surface area contributed by atoms with Gasteiger partial charge in [0, 0.05) is 61.3 Å². The third-order valence-corrected chi connectivity index (χ3v) is 7.59. The van der Waals surface area contributed by atoms with Crippen molar-refractivity contribution >= 4 is 17.3 Å². The van der Waals surface area contributed by atoms with Gasteiger partial charge in [0.2, 0.25) is 0 Å². The molecule has 2 atom stereocenters. The van der Waals surface area contributed by atoms with Crippen molar-refractivity contribution in [2.45, 2.75) is 32.0 Å². The lowest BCUT2D eigenvalue weighted by Gasteiger charge is -2.36. The van der Waals surface area contributed by atoms with Gasteiger partial charge in [-0.25, -0.2) is 18.4 Å². The quantitative estimate of drug-likeness (QED) is 0.254. The van der Waals surface area contributed by atoms with Crippen molar-refractivity contribution in [3.05, 3.63) is 99.9 Å². The maximum atomic E-state index is 15.0. The van der Waals surface area contributed by atoms with Gasteiger partial charge in [-0.3, -0.25) is 19.6 Å². The largest absolute Gasteiger partial charge is 0.381 e. The van der Waals surface area contributed by atoms with Crippen molar-refractivity contribution < 1.29 is 23.6 Å². The van der Waals surface area contributed by atoms with Gasteiger partial charge in [-0.2, -0.15) is 10.2 Å². The van der Waals surface area contributed by atoms with E-state index in [1.165, 1.54) is 46.4 Å². The SMILES string of the molecule is Cc1c(C(=O)N2CCN(c3ccc([N+](=O)[O-])cc3)CC2)cnn1[C@H](C)[C@](O)(Cn1cncn1)c1ccc(F)cc1F. The number of non-ortho nitro benzene ring substituents is 1. The number of amides is 1. The highest BCUT2D eigenvalue weighted by molar-refractivity contribution is 5.95. The minimum Gasteiger partial charge on any atom is -0.381 e. The number of carbonyl (C=O) groups excluding carboxylic acids is 1. The molecule has 0 spiro atoms. The Morgan fingerprint density at radius 1 is 1.12 bits per heavy atom. The molecule has 0 aliphatic carbocycles. The van der Waals surface area contributed by atoms with E-state index in [0.29, 0.717) is 43.5 Å². The first-order valence-corrected chi connectivity index (χ1v) is 12.9. The molecule has 1 saturated heterocycles. The summed E-state index contributed by atoms with van der Waals surface area (Å²) in [6, 6.07) is 8.35. The predicted octanol–water partition coefficient (Wildman–Crippen LogP) is 3.08. The van der Waals surface area contributed by atoms with Crippen molar-refractivity contribution in [3.63, 3.8) is 0 Å². The summed E-state index contributed by atoms with van der Waals surface area (Å²) in [5, 5.41) is 31.3. The van der Waals surface area contributed by atoms with Crippen molar-refractivity contribution in [2.24, 2.45) is 0 Å². The summed E-state index contributed by atoms with van der Waals surface area (Å²) in [5.74, 6) is -1.94. The van der Waals surface area contributed by atoms with Crippen LogP contribution in [-0.4, -0.2) is 71.6 Å². The Labute approximate surface area is 233 Å². The topological polar surface area (TPSA) is 135 Å². The normalized spacial score (nSPS) is 15.9. The number of nitro groups is 1. The first-order valence-electron chi connectivity index (χ1n) is 12.9. The lowest BCUT2D eigenvalue weighted by Crippen LogP contribution is -2.49. The van der Waals surface area contributed by atoms with Gasteiger partial charge >= 0.3 is 0 Å². The zero-order valence-electron chi connectivity index (χ0n) is 22.4. The van der Waals surface area contributed by atoms with Crippen LogP contribution in [0.3, 0.4) is 0 Å². The van der Waals surface area contributed by atoms with E-state index in [9.17, 15) is 28.8 Å². The summed E-state index contributed by atoms with van der Waals surface area (Å²) in [4.78, 5) is 31.6. The second kappa shape index (κ2) is 11.0. The Kier molecular flexibility index (Phi) is 7.49. The summed E-state index contributed by atoms with van der Waals surface area (Å²) in [5.41, 5.74) is -0.422. The van der Waals surface area contributed by atoms with Gasteiger partial charge in [0.15, 0.2) is 0 Å². The van der Waals surface area contributed by atoms with E-state index in [4.69, 9.17) is 0 Å². The molecule has 214 valence electrons. The van der Waals surface area contributed by atoms with Crippen LogP contribution in [0.5, 0.6) is 0 Å². The van der Waals surface area contributed by atoms with E-state index < -0.39 is 28.2 Å². The van der Waals surface area contributed by atoms with E-state index in [-0.39, 0.29) is 23.7 Å². The summed E-state index contributed by atoms with van der Waals surface area (Å²) in [6.45, 7) is 5.05. The molecular weight excluding hydrogens is 538 g/mol. The molecule has 0 radical (unpaired) electrons. The van der Waals surface area contributed by atoms with E-state index in [1.807, 2.05) is 4.90 Å². The van der Waals surface area contributed by atoms with E-state index in [1.54, 1.807) is 30.9 Å². The Morgan fingerprint density at radius 3 is 2.44 bits per heavy atom. The zero-order chi connectivity index (χ0) is 29.3. The van der Waals surface area contributed by atoms with Gasteiger partial charge in [0.25, 0.3) is 11.6 Å². The number of carbonyl (C=O) groups is 1. The third kappa shape index (κ3) is 5.37. The van der Waals surface area contributed by atoms with E-state index >= 15 is 0 Å². The van der Waals surface area contributed by atoms with Crippen molar-refractivity contribution in [2.75, 3.05) is 31.1 Å². The van der Waals surface area contributed by atoms with Crippen LogP contribution in [0.4, 0.5) is 20.2 Å². The Morgan fingerprint density at radius 2 is 1.83 bits per heavy atom. The average molecular weight is 567 g/mol. The van der Waals surface area contributed by atoms with Gasteiger partial charge in [0.1, 0.15) is 29.9 Å². The van der Waals surface area contributed by atoms with Crippen LogP contribution in [0, 0.1) is 28.7 Å². The number of aromatic nitrogens is 5. The summed E-state index contributed by atoms with van der Waals surface area (Å²) >= 11 is 0. The summed E-state index contributed by atoms with van der Waals surface area (Å²) < 4.78 is 31.5. The summed E-state index contributed by atoms with van der Waals surface area (Å²) in [7, 11) is 0. The molecular formula is C27H28F2N8O4. The van der Waals surface area contributed by atoms with E-state index in [2.05, 4.69) is 15.2 Å². The highest BCUT2D eigenvalue weighted by Gasteiger charge is 2.42. The van der Waals surface area contributed by atoms with Gasteiger partial charge < -0.3 is 14.9 Å². The van der Waals surface area contributed by atoms with Crippen molar-refractivity contribution in [1.82, 2.24) is 29.4 Å². The first kappa shape index (κ1) is 27.8. The Hall–Kier alpha value is -4.72. The number of anilines is 1. The molecule has 1 N–H and O–H groups in total. The highest BCUT2D eigenvalue weighted by atomic mass is 19.1. The van der Waals surface area contributed by atoms with Crippen LogP contribution in [-0.2, 0) is 12.1 Å². The van der Waals surface area contributed by atoms with Crippen LogP contribution in [0.1, 0.15) is 34.6 Å². The molecule has 1 aliphatic rings. The lowest BCUT2D eigenvalue weighted by atomic mass is 9.86. The maximum absolute atomic E-state index is 15.0. The molecule has 12 nitrogen and oxygen atoms in total. The molecule has 14 heteroatoms. The molecule has 1 fully saturated rings. The fraction of sp³-hybridized carbons (Fsp3) is 0.333. The number of halogens is 2. The van der Waals surface area contributed by atoms with Crippen LogP contribution in [0.15, 0.2) is 61.3 Å². The predicted molar refractivity (Wildman–Crippen MR) is 143 cm³/mol. The fourth-order valence-electron chi connectivity index (χ4n) is 5.19. The van der Waals surface area contributed by atoms with Crippen molar-refractivity contribution in [3.8, 4) is 0 Å². The highest BCUT2D eigenvalue weighted by Crippen LogP contribution is 2.37. The van der Waals surface area contributed by atoms with Gasteiger partial charge in [0.05, 0.1) is 29.3 Å². The van der Waals surface area contributed by atoms with Crippen LogP contribution in [0.2, 0.25) is 0 Å². The van der Waals surface area contributed by atoms with Crippen LogP contribution < -0.4 is 4.90 Å². The molecule has 5 rings (SSSR count). The molecule has 0 saturated carbocycles. The molecule has 2 aromatic heterocycles. The number of piperazine rings is 1. The zero-order valence-corrected chi connectivity index (χ0v) is 22.4. The minimum absolute atomic E-state index is 0.0135. The molecule has 0 bridgehead atoms. The molecule has 1 aliphatic heterocycles. The maximum Gasteiger partial charge on any atom is 0.269 e. The molecule has 3 heterocycles. The number of rotatable bonds is 8. The number of hydrogen-bond donors (Lipinski definition) is 1. The van der Waals surface area contributed by atoms with E-state index in [0.717, 1.165) is 11.8 Å². The molecule has 41 heavy (non-hydrogen) atoms. The molecule has 1 amide bonds. The lowest BCUT2D eigenvalue weighted by molar-refractivity contribution is -0.384. The van der Waals surface area contributed by atoms with Gasteiger partial charge in [-0.15, -0.1) is 0 Å². The van der Waals surface area contributed by atoms with Crippen LogP contribution in [0.25, 0.3) is 0 Å². The second-order valence-electron chi connectivity index (χ2n) is 9.96. The number of hydrogen-bond acceptors (Lipinski definition) is 8. The minimum atomic E-state index is -1.93. The molecule has 0 unspecified atom stereocenters. The third-order valence-electron chi connectivity index (χ3n) is 7.59. The Bertz CT molecular complexity index is 1550. The average Bonchev–Trinajstić information content (AvgIpc) is 3.61. The fourth-order valence-corrected chi connectivity index (χ4v) is 5.19. The number of benzene rings is 2. The number of aliphatic hydroxyl groups is 1. The van der Waals surface area contributed by atoms with Gasteiger partial charge in [-0.1, -0.05) is 6.07 Å². The standard InChI is InChI=1S/C27H28F2N8O4/c1-18-23(26(38)34-11-9-33(10-12-34)21-4-6-22(7-5-21)37(40)41)14-31-36(18)19(2)27(39,15-35-17-30-16-32-35)24-8-3-20(28)13-25(24)29/h3-8,13-14,16-17,19,39H,9-12,15H2,1-2H3/t19-,27-/m1/s1. The smallest absolute Gasteiger partial charge is 0.269 e.